The van der Waals surface area contributed by atoms with Crippen molar-refractivity contribution in [2.24, 2.45) is 5.92 Å². The minimum atomic E-state index is -0.548. The second kappa shape index (κ2) is 4.73. The number of hydrogen-bond acceptors (Lipinski definition) is 3. The lowest BCUT2D eigenvalue weighted by Crippen LogP contribution is -2.38. The van der Waals surface area contributed by atoms with Gasteiger partial charge in [-0.2, -0.15) is 0 Å². The van der Waals surface area contributed by atoms with Gasteiger partial charge in [-0.05, 0) is 31.7 Å². The van der Waals surface area contributed by atoms with Crippen molar-refractivity contribution in [2.45, 2.75) is 25.3 Å². The van der Waals surface area contributed by atoms with Crippen molar-refractivity contribution in [1.82, 2.24) is 4.90 Å². The summed E-state index contributed by atoms with van der Waals surface area (Å²) in [6, 6.07) is 0.643. The summed E-state index contributed by atoms with van der Waals surface area (Å²) < 4.78 is 11.2. The lowest BCUT2D eigenvalue weighted by atomic mass is 10.1. The van der Waals surface area contributed by atoms with Crippen LogP contribution in [-0.2, 0) is 10.8 Å². The summed E-state index contributed by atoms with van der Waals surface area (Å²) in [6.07, 6.45) is 3.31. The zero-order valence-electron chi connectivity index (χ0n) is 8.52. The first-order valence-corrected chi connectivity index (χ1v) is 6.98. The van der Waals surface area contributed by atoms with Gasteiger partial charge in [0, 0.05) is 41.5 Å². The van der Waals surface area contributed by atoms with Crippen LogP contribution in [0.1, 0.15) is 19.3 Å². The zero-order valence-corrected chi connectivity index (χ0v) is 9.34. The van der Waals surface area contributed by atoms with Crippen molar-refractivity contribution in [3.63, 3.8) is 0 Å². The Balaban J connectivity index is 1.82. The van der Waals surface area contributed by atoms with Gasteiger partial charge in [0.05, 0.1) is 0 Å². The third-order valence-corrected chi connectivity index (χ3v) is 4.83. The molecule has 14 heavy (non-hydrogen) atoms. The molecule has 0 aromatic rings. The van der Waals surface area contributed by atoms with Crippen LogP contribution >= 0.6 is 0 Å². The molecule has 0 aromatic carbocycles. The molecular formula is C10H19NO2S. The topological polar surface area (TPSA) is 40.5 Å². The summed E-state index contributed by atoms with van der Waals surface area (Å²) in [5.41, 5.74) is 0. The average Bonchev–Trinajstić information content (AvgIpc) is 2.67. The highest BCUT2D eigenvalue weighted by molar-refractivity contribution is 7.85. The number of aliphatic hydroxyl groups is 1. The molecule has 2 rings (SSSR count). The highest BCUT2D eigenvalue weighted by Gasteiger charge is 2.29. The van der Waals surface area contributed by atoms with E-state index in [1.165, 1.54) is 0 Å². The molecule has 2 aliphatic heterocycles. The minimum absolute atomic E-state index is 0.329. The number of rotatable bonds is 2. The van der Waals surface area contributed by atoms with Gasteiger partial charge in [-0.25, -0.2) is 0 Å². The van der Waals surface area contributed by atoms with Gasteiger partial charge >= 0.3 is 0 Å². The largest absolute Gasteiger partial charge is 0.396 e. The molecule has 2 aliphatic rings. The van der Waals surface area contributed by atoms with Crippen molar-refractivity contribution in [3.8, 4) is 0 Å². The van der Waals surface area contributed by atoms with Gasteiger partial charge in [0.25, 0.3) is 0 Å². The molecule has 2 heterocycles. The Morgan fingerprint density at radius 3 is 2.57 bits per heavy atom. The van der Waals surface area contributed by atoms with Crippen LogP contribution in [0, 0.1) is 5.92 Å². The van der Waals surface area contributed by atoms with E-state index in [-0.39, 0.29) is 0 Å². The van der Waals surface area contributed by atoms with Crippen LogP contribution in [0.3, 0.4) is 0 Å². The van der Waals surface area contributed by atoms with Crippen LogP contribution in [0.5, 0.6) is 0 Å². The lowest BCUT2D eigenvalue weighted by molar-refractivity contribution is 0.191. The first kappa shape index (κ1) is 10.6. The molecule has 0 spiro atoms. The van der Waals surface area contributed by atoms with E-state index < -0.39 is 10.8 Å². The Labute approximate surface area is 87.9 Å². The van der Waals surface area contributed by atoms with Crippen LogP contribution in [0.25, 0.3) is 0 Å². The van der Waals surface area contributed by atoms with Gasteiger partial charge in [0.15, 0.2) is 0 Å². The van der Waals surface area contributed by atoms with Gasteiger partial charge in [0.1, 0.15) is 0 Å². The predicted octanol–water partition coefficient (Wildman–Crippen LogP) is 0.212. The molecule has 2 fully saturated rings. The van der Waals surface area contributed by atoms with Gasteiger partial charge in [-0.1, -0.05) is 0 Å². The fraction of sp³-hybridized carbons (Fsp3) is 1.00. The molecular weight excluding hydrogens is 198 g/mol. The molecule has 1 N–H and O–H groups in total. The molecule has 0 radical (unpaired) electrons. The third kappa shape index (κ3) is 2.35. The highest BCUT2D eigenvalue weighted by Crippen LogP contribution is 2.23. The van der Waals surface area contributed by atoms with E-state index in [4.69, 9.17) is 5.11 Å². The number of nitrogens with zero attached hydrogens (tertiary/aromatic N) is 1. The Bertz CT molecular complexity index is 212. The zero-order chi connectivity index (χ0) is 9.97. The van der Waals surface area contributed by atoms with E-state index in [2.05, 4.69) is 4.90 Å². The fourth-order valence-electron chi connectivity index (χ4n) is 2.49. The SMILES string of the molecule is O=S1CCC(N2CCC(CO)C2)CC1. The Hall–Kier alpha value is 0.0700. The van der Waals surface area contributed by atoms with Crippen molar-refractivity contribution in [2.75, 3.05) is 31.2 Å². The molecule has 4 heteroatoms. The lowest BCUT2D eigenvalue weighted by Gasteiger charge is -2.30. The molecule has 0 saturated carbocycles. The molecule has 3 nitrogen and oxygen atoms in total. The van der Waals surface area contributed by atoms with E-state index in [0.29, 0.717) is 18.6 Å². The molecule has 0 bridgehead atoms. The van der Waals surface area contributed by atoms with Gasteiger partial charge in [-0.3, -0.25) is 9.11 Å². The maximum atomic E-state index is 11.2. The van der Waals surface area contributed by atoms with Gasteiger partial charge in [-0.15, -0.1) is 0 Å². The maximum absolute atomic E-state index is 11.2. The average molecular weight is 217 g/mol. The van der Waals surface area contributed by atoms with E-state index in [1.54, 1.807) is 0 Å². The quantitative estimate of drug-likeness (QED) is 0.719. The fourth-order valence-corrected chi connectivity index (χ4v) is 3.76. The summed E-state index contributed by atoms with van der Waals surface area (Å²) in [5.74, 6) is 2.25. The van der Waals surface area contributed by atoms with Crippen molar-refractivity contribution >= 4 is 10.8 Å². The van der Waals surface area contributed by atoms with Gasteiger partial charge in [0.2, 0.25) is 0 Å². The van der Waals surface area contributed by atoms with Crippen LogP contribution in [0.15, 0.2) is 0 Å². The van der Waals surface area contributed by atoms with E-state index in [0.717, 1.165) is 43.9 Å². The Morgan fingerprint density at radius 1 is 1.29 bits per heavy atom. The van der Waals surface area contributed by atoms with Gasteiger partial charge < -0.3 is 5.11 Å². The monoisotopic (exact) mass is 217 g/mol. The van der Waals surface area contributed by atoms with E-state index >= 15 is 0 Å². The normalized spacial score (nSPS) is 40.2. The Morgan fingerprint density at radius 2 is 2.00 bits per heavy atom. The standard InChI is InChI=1S/C10H19NO2S/c12-8-9-1-4-11(7-9)10-2-5-14(13)6-3-10/h9-10,12H,1-8H2. The maximum Gasteiger partial charge on any atom is 0.0471 e. The molecule has 82 valence electrons. The number of hydrogen-bond donors (Lipinski definition) is 1. The van der Waals surface area contributed by atoms with Crippen LogP contribution < -0.4 is 0 Å². The predicted molar refractivity (Wildman–Crippen MR) is 57.7 cm³/mol. The van der Waals surface area contributed by atoms with Crippen molar-refractivity contribution in [3.05, 3.63) is 0 Å². The van der Waals surface area contributed by atoms with Crippen molar-refractivity contribution < 1.29 is 9.32 Å². The van der Waals surface area contributed by atoms with E-state index in [1.807, 2.05) is 0 Å². The summed E-state index contributed by atoms with van der Waals surface area (Å²) in [6.45, 7) is 2.51. The minimum Gasteiger partial charge on any atom is -0.396 e. The first-order chi connectivity index (χ1) is 6.79. The molecule has 0 aromatic heterocycles. The third-order valence-electron chi connectivity index (χ3n) is 3.45. The molecule has 1 unspecified atom stereocenters. The molecule has 2 saturated heterocycles. The smallest absolute Gasteiger partial charge is 0.0471 e. The molecule has 1 atom stereocenters. The highest BCUT2D eigenvalue weighted by atomic mass is 32.2. The first-order valence-electron chi connectivity index (χ1n) is 5.49. The van der Waals surface area contributed by atoms with Crippen LogP contribution in [0.2, 0.25) is 0 Å². The Kier molecular flexibility index (Phi) is 3.57. The summed E-state index contributed by atoms with van der Waals surface area (Å²) in [5, 5.41) is 9.05. The van der Waals surface area contributed by atoms with Crippen molar-refractivity contribution in [1.29, 1.82) is 0 Å². The van der Waals surface area contributed by atoms with E-state index in [9.17, 15) is 4.21 Å². The summed E-state index contributed by atoms with van der Waals surface area (Å²) >= 11 is 0. The second-order valence-electron chi connectivity index (χ2n) is 4.41. The number of aliphatic hydroxyl groups excluding tert-OH is 1. The van der Waals surface area contributed by atoms with Crippen LogP contribution in [-0.4, -0.2) is 51.5 Å². The molecule has 0 amide bonds. The summed E-state index contributed by atoms with van der Waals surface area (Å²) in [4.78, 5) is 2.48. The van der Waals surface area contributed by atoms with Crippen LogP contribution in [0.4, 0.5) is 0 Å². The second-order valence-corrected chi connectivity index (χ2v) is 6.11. The number of likely N-dealkylation sites (tertiary alicyclic amines) is 1. The molecule has 0 aliphatic carbocycles. The summed E-state index contributed by atoms with van der Waals surface area (Å²) in [7, 11) is -0.548.